The van der Waals surface area contributed by atoms with Gasteiger partial charge in [-0.15, -0.1) is 0 Å². The third-order valence-corrected chi connectivity index (χ3v) is 3.64. The third-order valence-electron chi connectivity index (χ3n) is 3.00. The highest BCUT2D eigenvalue weighted by atomic mass is 79.9. The fourth-order valence-corrected chi connectivity index (χ4v) is 2.33. The summed E-state index contributed by atoms with van der Waals surface area (Å²) in [5.74, 6) is 0.262. The van der Waals surface area contributed by atoms with E-state index in [1.165, 1.54) is 0 Å². The van der Waals surface area contributed by atoms with E-state index in [0.717, 1.165) is 19.6 Å². The van der Waals surface area contributed by atoms with Crippen molar-refractivity contribution >= 4 is 21.8 Å². The van der Waals surface area contributed by atoms with Crippen LogP contribution in [-0.4, -0.2) is 30.1 Å². The number of carbonyl (C=O) groups is 1. The summed E-state index contributed by atoms with van der Waals surface area (Å²) < 4.78 is 6.03. The van der Waals surface area contributed by atoms with E-state index in [4.69, 9.17) is 4.74 Å². The normalized spacial score (nSPS) is 21.2. The van der Waals surface area contributed by atoms with Crippen LogP contribution < -0.4 is 5.32 Å². The maximum Gasteiger partial charge on any atom is 0.271 e. The maximum atomic E-state index is 12.0. The van der Waals surface area contributed by atoms with Gasteiger partial charge in [0.2, 0.25) is 0 Å². The molecule has 0 saturated carbocycles. The van der Waals surface area contributed by atoms with Crippen LogP contribution in [0, 0.1) is 5.92 Å². The highest BCUT2D eigenvalue weighted by Crippen LogP contribution is 2.18. The van der Waals surface area contributed by atoms with Gasteiger partial charge in [-0.2, -0.15) is 0 Å². The number of aromatic nitrogens is 1. The van der Waals surface area contributed by atoms with Crippen molar-refractivity contribution in [3.8, 4) is 0 Å². The summed E-state index contributed by atoms with van der Waals surface area (Å²) in [6.45, 7) is 3.52. The zero-order valence-electron chi connectivity index (χ0n) is 9.65. The van der Waals surface area contributed by atoms with Gasteiger partial charge in [-0.05, 0) is 41.4 Å². The fraction of sp³-hybridized carbons (Fsp3) is 0.500. The molecule has 2 rings (SSSR count). The maximum absolute atomic E-state index is 12.0. The average Bonchev–Trinajstić information content (AvgIpc) is 2.82. The number of carbonyl (C=O) groups excluding carboxylic acids is 1. The molecule has 1 saturated heterocycles. The van der Waals surface area contributed by atoms with E-state index in [2.05, 4.69) is 26.2 Å². The molecule has 0 spiro atoms. The van der Waals surface area contributed by atoms with E-state index in [0.29, 0.717) is 16.1 Å². The van der Waals surface area contributed by atoms with Gasteiger partial charge in [-0.3, -0.25) is 4.79 Å². The molecule has 0 unspecified atom stereocenters. The van der Waals surface area contributed by atoms with Crippen molar-refractivity contribution in [3.05, 3.63) is 28.5 Å². The highest BCUT2D eigenvalue weighted by molar-refractivity contribution is 9.10. The molecular weight excluding hydrogens is 284 g/mol. The molecule has 1 N–H and O–H groups in total. The zero-order chi connectivity index (χ0) is 12.3. The number of nitrogens with zero attached hydrogens (tertiary/aromatic N) is 1. The first-order valence-electron chi connectivity index (χ1n) is 5.67. The Morgan fingerprint density at radius 3 is 3.18 bits per heavy atom. The lowest BCUT2D eigenvalue weighted by Crippen LogP contribution is -2.38. The molecule has 1 aliphatic rings. The lowest BCUT2D eigenvalue weighted by molar-refractivity contribution is 0.0916. The Hall–Kier alpha value is -0.940. The Morgan fingerprint density at radius 2 is 2.53 bits per heavy atom. The minimum Gasteiger partial charge on any atom is -0.381 e. The summed E-state index contributed by atoms with van der Waals surface area (Å²) in [7, 11) is 0. The van der Waals surface area contributed by atoms with Crippen LogP contribution in [0.25, 0.3) is 0 Å². The number of nitrogens with one attached hydrogen (secondary N) is 1. The van der Waals surface area contributed by atoms with Gasteiger partial charge in [0.05, 0.1) is 6.61 Å². The number of pyridine rings is 1. The smallest absolute Gasteiger partial charge is 0.271 e. The van der Waals surface area contributed by atoms with Crippen molar-refractivity contribution < 1.29 is 9.53 Å². The predicted octanol–water partition coefficient (Wildman–Crippen LogP) is 2.00. The summed E-state index contributed by atoms with van der Waals surface area (Å²) in [4.78, 5) is 16.1. The Balaban J connectivity index is 1.99. The molecule has 1 aromatic heterocycles. The van der Waals surface area contributed by atoms with Gasteiger partial charge < -0.3 is 10.1 Å². The summed E-state index contributed by atoms with van der Waals surface area (Å²) in [5, 5.41) is 2.97. The molecule has 17 heavy (non-hydrogen) atoms. The predicted molar refractivity (Wildman–Crippen MR) is 67.8 cm³/mol. The van der Waals surface area contributed by atoms with Crippen molar-refractivity contribution in [2.24, 2.45) is 5.92 Å². The third kappa shape index (κ3) is 3.04. The largest absolute Gasteiger partial charge is 0.381 e. The van der Waals surface area contributed by atoms with Crippen molar-refractivity contribution in [1.82, 2.24) is 10.3 Å². The number of amides is 1. The monoisotopic (exact) mass is 298 g/mol. The zero-order valence-corrected chi connectivity index (χ0v) is 11.2. The van der Waals surface area contributed by atoms with Crippen LogP contribution in [0.15, 0.2) is 22.8 Å². The number of halogens is 1. The molecule has 4 nitrogen and oxygen atoms in total. The quantitative estimate of drug-likeness (QED) is 0.928. The van der Waals surface area contributed by atoms with Gasteiger partial charge in [0.25, 0.3) is 5.91 Å². The number of rotatable bonds is 3. The van der Waals surface area contributed by atoms with E-state index in [9.17, 15) is 4.79 Å². The van der Waals surface area contributed by atoms with Crippen LogP contribution in [0.5, 0.6) is 0 Å². The standard InChI is InChI=1S/C12H15BrN2O2/c1-8(9-4-6-17-7-9)15-12(16)11-10(13)3-2-5-14-11/h2-3,5,8-9H,4,6-7H2,1H3,(H,15,16)/t8-,9-/m0/s1. The second kappa shape index (κ2) is 5.60. The fourth-order valence-electron chi connectivity index (χ4n) is 1.89. The van der Waals surface area contributed by atoms with Gasteiger partial charge in [-0.25, -0.2) is 4.98 Å². The van der Waals surface area contributed by atoms with Crippen LogP contribution in [0.2, 0.25) is 0 Å². The average molecular weight is 299 g/mol. The van der Waals surface area contributed by atoms with Gasteiger partial charge >= 0.3 is 0 Å². The topological polar surface area (TPSA) is 51.2 Å². The van der Waals surface area contributed by atoms with E-state index in [1.54, 1.807) is 12.3 Å². The molecular formula is C12H15BrN2O2. The first kappa shape index (κ1) is 12.5. The molecule has 0 bridgehead atoms. The number of hydrogen-bond donors (Lipinski definition) is 1. The molecule has 1 aliphatic heterocycles. The molecule has 2 atom stereocenters. The SMILES string of the molecule is C[C@H](NC(=O)c1ncccc1Br)[C@H]1CCOC1. The molecule has 92 valence electrons. The lowest BCUT2D eigenvalue weighted by atomic mass is 10.0. The van der Waals surface area contributed by atoms with Crippen LogP contribution in [0.1, 0.15) is 23.8 Å². The lowest BCUT2D eigenvalue weighted by Gasteiger charge is -2.19. The second-order valence-electron chi connectivity index (χ2n) is 4.22. The van der Waals surface area contributed by atoms with Gasteiger partial charge in [-0.1, -0.05) is 0 Å². The van der Waals surface area contributed by atoms with E-state index in [1.807, 2.05) is 13.0 Å². The Morgan fingerprint density at radius 1 is 1.71 bits per heavy atom. The summed E-state index contributed by atoms with van der Waals surface area (Å²) in [5.41, 5.74) is 0.429. The molecule has 0 aliphatic carbocycles. The first-order valence-corrected chi connectivity index (χ1v) is 6.47. The van der Waals surface area contributed by atoms with E-state index in [-0.39, 0.29) is 11.9 Å². The van der Waals surface area contributed by atoms with Gasteiger partial charge in [0.1, 0.15) is 5.69 Å². The van der Waals surface area contributed by atoms with E-state index >= 15 is 0 Å². The summed E-state index contributed by atoms with van der Waals surface area (Å²) in [6, 6.07) is 3.71. The van der Waals surface area contributed by atoms with Crippen LogP contribution in [-0.2, 0) is 4.74 Å². The van der Waals surface area contributed by atoms with Crippen molar-refractivity contribution in [1.29, 1.82) is 0 Å². The number of hydrogen-bond acceptors (Lipinski definition) is 3. The van der Waals surface area contributed by atoms with Crippen LogP contribution in [0.3, 0.4) is 0 Å². The molecule has 5 heteroatoms. The molecule has 1 aromatic rings. The van der Waals surface area contributed by atoms with Crippen molar-refractivity contribution in [3.63, 3.8) is 0 Å². The molecule has 2 heterocycles. The minimum absolute atomic E-state index is 0.110. The van der Waals surface area contributed by atoms with Crippen LogP contribution >= 0.6 is 15.9 Å². The number of ether oxygens (including phenoxy) is 1. The van der Waals surface area contributed by atoms with Crippen LogP contribution in [0.4, 0.5) is 0 Å². The Kier molecular flexibility index (Phi) is 4.12. The Bertz CT molecular complexity index is 405. The summed E-state index contributed by atoms with van der Waals surface area (Å²) in [6.07, 6.45) is 2.62. The summed E-state index contributed by atoms with van der Waals surface area (Å²) >= 11 is 3.32. The van der Waals surface area contributed by atoms with E-state index < -0.39 is 0 Å². The highest BCUT2D eigenvalue weighted by Gasteiger charge is 2.24. The molecule has 1 amide bonds. The Labute approximate surface area is 109 Å². The molecule has 0 aromatic carbocycles. The second-order valence-corrected chi connectivity index (χ2v) is 5.07. The first-order chi connectivity index (χ1) is 8.18. The molecule has 0 radical (unpaired) electrons. The molecule has 1 fully saturated rings. The van der Waals surface area contributed by atoms with Gasteiger partial charge in [0, 0.05) is 29.2 Å². The van der Waals surface area contributed by atoms with Gasteiger partial charge in [0.15, 0.2) is 0 Å². The minimum atomic E-state index is -0.142. The van der Waals surface area contributed by atoms with Crippen molar-refractivity contribution in [2.75, 3.05) is 13.2 Å². The van der Waals surface area contributed by atoms with Crippen molar-refractivity contribution in [2.45, 2.75) is 19.4 Å².